The maximum Gasteiger partial charge on any atom is 0.190 e. The summed E-state index contributed by atoms with van der Waals surface area (Å²) in [5.41, 5.74) is -1.13. The van der Waals surface area contributed by atoms with Crippen molar-refractivity contribution < 1.29 is 20.1 Å². The quantitative estimate of drug-likeness (QED) is 0.717. The number of aliphatic hydroxyl groups is 3. The average Bonchev–Trinajstić information content (AvgIpc) is 2.85. The molecule has 0 amide bonds. The van der Waals surface area contributed by atoms with Gasteiger partial charge in [0.2, 0.25) is 0 Å². The maximum absolute atomic E-state index is 12.3. The Bertz CT molecular complexity index is 692. The van der Waals surface area contributed by atoms with E-state index in [1.807, 2.05) is 13.0 Å². The molecule has 4 rings (SSSR count). The van der Waals surface area contributed by atoms with E-state index >= 15 is 0 Å². The van der Waals surface area contributed by atoms with Crippen molar-refractivity contribution >= 4 is 5.78 Å². The number of fused-ring (bicyclic) bond motifs is 5. The van der Waals surface area contributed by atoms with Crippen molar-refractivity contribution in [1.82, 2.24) is 0 Å². The summed E-state index contributed by atoms with van der Waals surface area (Å²) in [6.07, 6.45) is 12.5. The lowest BCUT2D eigenvalue weighted by molar-refractivity contribution is -0.176. The number of ketones is 1. The molecule has 0 spiro atoms. The van der Waals surface area contributed by atoms with Crippen LogP contribution in [0.1, 0.15) is 39.5 Å². The minimum absolute atomic E-state index is 0.0957. The van der Waals surface area contributed by atoms with Crippen LogP contribution in [0.2, 0.25) is 0 Å². The molecule has 2 saturated carbocycles. The lowest BCUT2D eigenvalue weighted by Crippen LogP contribution is -2.61. The first-order chi connectivity index (χ1) is 11.8. The summed E-state index contributed by atoms with van der Waals surface area (Å²) < 4.78 is 0. The molecule has 0 radical (unpaired) electrons. The zero-order chi connectivity index (χ0) is 18.0. The van der Waals surface area contributed by atoms with Crippen LogP contribution in [0.5, 0.6) is 0 Å². The number of allylic oxidation sites excluding steroid dienone is 6. The zero-order valence-corrected chi connectivity index (χ0v) is 15.0. The van der Waals surface area contributed by atoms with Gasteiger partial charge in [-0.15, -0.1) is 0 Å². The van der Waals surface area contributed by atoms with E-state index in [1.165, 1.54) is 5.57 Å². The third-order valence-electron chi connectivity index (χ3n) is 7.96. The molecule has 4 aliphatic carbocycles. The van der Waals surface area contributed by atoms with Gasteiger partial charge in [0.05, 0.1) is 6.10 Å². The first-order valence-corrected chi connectivity index (χ1v) is 9.39. The monoisotopic (exact) mass is 344 g/mol. The highest BCUT2D eigenvalue weighted by atomic mass is 16.3. The number of hydrogen-bond acceptors (Lipinski definition) is 4. The molecule has 0 aliphatic heterocycles. The highest BCUT2D eigenvalue weighted by Gasteiger charge is 2.67. The number of hydrogen-bond donors (Lipinski definition) is 3. The lowest BCUT2D eigenvalue weighted by atomic mass is 9.47. The number of carbonyl (C=O) groups is 1. The van der Waals surface area contributed by atoms with Crippen LogP contribution in [0.25, 0.3) is 0 Å². The van der Waals surface area contributed by atoms with Gasteiger partial charge in [-0.05, 0) is 43.1 Å². The summed E-state index contributed by atoms with van der Waals surface area (Å²) in [6.45, 7) is 3.50. The van der Waals surface area contributed by atoms with E-state index in [0.717, 1.165) is 12.8 Å². The zero-order valence-electron chi connectivity index (χ0n) is 15.0. The highest BCUT2D eigenvalue weighted by molar-refractivity contribution is 5.89. The van der Waals surface area contributed by atoms with Crippen LogP contribution in [-0.2, 0) is 4.79 Å². The van der Waals surface area contributed by atoms with Crippen molar-refractivity contribution in [3.63, 3.8) is 0 Å². The van der Waals surface area contributed by atoms with Gasteiger partial charge in [0.15, 0.2) is 5.78 Å². The predicted octanol–water partition coefficient (Wildman–Crippen LogP) is 2.15. The van der Waals surface area contributed by atoms with Crippen molar-refractivity contribution in [2.24, 2.45) is 28.6 Å². The van der Waals surface area contributed by atoms with Crippen molar-refractivity contribution in [2.45, 2.75) is 51.2 Å². The Hall–Kier alpha value is -1.23. The largest absolute Gasteiger partial charge is 0.393 e. The predicted molar refractivity (Wildman–Crippen MR) is 94.6 cm³/mol. The van der Waals surface area contributed by atoms with Gasteiger partial charge in [0.1, 0.15) is 12.2 Å². The van der Waals surface area contributed by atoms with Crippen LogP contribution < -0.4 is 0 Å². The molecule has 0 heterocycles. The lowest BCUT2D eigenvalue weighted by Gasteiger charge is -2.58. The van der Waals surface area contributed by atoms with Crippen molar-refractivity contribution in [3.05, 3.63) is 36.0 Å². The molecule has 0 aromatic carbocycles. The highest BCUT2D eigenvalue weighted by Crippen LogP contribution is 2.66. The third-order valence-corrected chi connectivity index (χ3v) is 7.96. The summed E-state index contributed by atoms with van der Waals surface area (Å²) in [5, 5.41) is 31.7. The molecule has 0 aromatic heterocycles. The maximum atomic E-state index is 12.3. The smallest absolute Gasteiger partial charge is 0.190 e. The van der Waals surface area contributed by atoms with E-state index in [0.29, 0.717) is 12.8 Å². The fourth-order valence-electron chi connectivity index (χ4n) is 6.67. The first kappa shape index (κ1) is 17.2. The number of rotatable bonds is 2. The van der Waals surface area contributed by atoms with Crippen molar-refractivity contribution in [3.8, 4) is 0 Å². The summed E-state index contributed by atoms with van der Waals surface area (Å²) in [7, 11) is 0. The molecule has 0 unspecified atom stereocenters. The molecular formula is C21H28O4. The second-order valence-electron chi connectivity index (χ2n) is 8.86. The number of Topliss-reactive ketones (excluding diaryl/α,β-unsaturated/α-hetero) is 1. The first-order valence-electron chi connectivity index (χ1n) is 9.39. The van der Waals surface area contributed by atoms with Gasteiger partial charge in [-0.1, -0.05) is 44.2 Å². The Morgan fingerprint density at radius 2 is 2.08 bits per heavy atom. The van der Waals surface area contributed by atoms with Gasteiger partial charge >= 0.3 is 0 Å². The van der Waals surface area contributed by atoms with E-state index in [1.54, 1.807) is 0 Å². The average molecular weight is 344 g/mol. The Labute approximate surface area is 148 Å². The molecule has 3 N–H and O–H groups in total. The Morgan fingerprint density at radius 1 is 1.32 bits per heavy atom. The molecular weight excluding hydrogens is 316 g/mol. The van der Waals surface area contributed by atoms with E-state index in [2.05, 4.69) is 31.2 Å². The Kier molecular flexibility index (Phi) is 3.70. The Morgan fingerprint density at radius 3 is 2.80 bits per heavy atom. The molecule has 4 heteroatoms. The molecule has 25 heavy (non-hydrogen) atoms. The topological polar surface area (TPSA) is 77.8 Å². The van der Waals surface area contributed by atoms with Crippen LogP contribution in [-0.4, -0.2) is 39.4 Å². The van der Waals surface area contributed by atoms with Gasteiger partial charge in [0.25, 0.3) is 0 Å². The number of carbonyl (C=O) groups excluding carboxylic acids is 1. The fraction of sp³-hybridized carbons (Fsp3) is 0.667. The van der Waals surface area contributed by atoms with E-state index < -0.39 is 29.5 Å². The van der Waals surface area contributed by atoms with Crippen molar-refractivity contribution in [2.75, 3.05) is 6.61 Å². The Balaban J connectivity index is 1.77. The SMILES string of the molecule is C[C@]12C=CC=CC1=CC[C@@H]1[C@@H]2[C@@H](O)C[C@@]2(C)[C@H]1CC[C@]2(O)C(=O)CO. The third kappa shape index (κ3) is 2.02. The van der Waals surface area contributed by atoms with Gasteiger partial charge < -0.3 is 15.3 Å². The standard InChI is InChI=1S/C21H28O4/c1-19-9-4-3-5-13(19)6-7-14-15-8-10-21(25,17(24)12-22)20(15,2)11-16(23)18(14)19/h3-6,9,14-16,18,22-23,25H,7-8,10-12H2,1-2H3/t14-,15-,16-,18+,19-,20-,21-/m0/s1. The van der Waals surface area contributed by atoms with Gasteiger partial charge in [-0.25, -0.2) is 0 Å². The van der Waals surface area contributed by atoms with Crippen LogP contribution in [0.15, 0.2) is 36.0 Å². The summed E-state index contributed by atoms with van der Waals surface area (Å²) in [5.74, 6) is 0.00903. The number of aliphatic hydroxyl groups excluding tert-OH is 2. The minimum Gasteiger partial charge on any atom is -0.393 e. The van der Waals surface area contributed by atoms with Crippen LogP contribution in [0.4, 0.5) is 0 Å². The molecule has 0 bridgehead atoms. The molecule has 136 valence electrons. The molecule has 7 atom stereocenters. The van der Waals surface area contributed by atoms with Gasteiger partial charge in [0, 0.05) is 16.7 Å². The molecule has 0 saturated heterocycles. The van der Waals surface area contributed by atoms with Gasteiger partial charge in [-0.3, -0.25) is 4.79 Å². The molecule has 0 aromatic rings. The summed E-state index contributed by atoms with van der Waals surface area (Å²) >= 11 is 0. The molecule has 4 aliphatic rings. The second-order valence-corrected chi connectivity index (χ2v) is 8.86. The minimum atomic E-state index is -1.52. The van der Waals surface area contributed by atoms with Crippen molar-refractivity contribution in [1.29, 1.82) is 0 Å². The normalized spacial score (nSPS) is 50.7. The molecule has 2 fully saturated rings. The molecule has 4 nitrogen and oxygen atoms in total. The van der Waals surface area contributed by atoms with Crippen LogP contribution in [0.3, 0.4) is 0 Å². The van der Waals surface area contributed by atoms with Gasteiger partial charge in [-0.2, -0.15) is 0 Å². The van der Waals surface area contributed by atoms with E-state index in [4.69, 9.17) is 0 Å². The second kappa shape index (κ2) is 5.38. The van der Waals surface area contributed by atoms with E-state index in [-0.39, 0.29) is 23.2 Å². The van der Waals surface area contributed by atoms with Crippen LogP contribution >= 0.6 is 0 Å². The van der Waals surface area contributed by atoms with E-state index in [9.17, 15) is 20.1 Å². The summed E-state index contributed by atoms with van der Waals surface area (Å²) in [6, 6.07) is 0. The summed E-state index contributed by atoms with van der Waals surface area (Å²) in [4.78, 5) is 12.3. The van der Waals surface area contributed by atoms with Crippen LogP contribution in [0, 0.1) is 28.6 Å². The fourth-order valence-corrected chi connectivity index (χ4v) is 6.67.